The number of furan rings is 2. The minimum absolute atomic E-state index is 0.877. The Morgan fingerprint density at radius 1 is 0.262 bits per heavy atom. The number of fused-ring (bicyclic) bond motifs is 7. The quantitative estimate of drug-likeness (QED) is 0.161. The Morgan fingerprint density at radius 2 is 0.672 bits per heavy atom. The zero-order valence-corrected chi connectivity index (χ0v) is 33.1. The van der Waals surface area contributed by atoms with E-state index in [1.54, 1.807) is 0 Å². The van der Waals surface area contributed by atoms with Gasteiger partial charge in [0.05, 0.1) is 5.69 Å². The summed E-state index contributed by atoms with van der Waals surface area (Å²) >= 11 is 0. The molecule has 0 fully saturated rings. The van der Waals surface area contributed by atoms with E-state index >= 15 is 0 Å². The highest BCUT2D eigenvalue weighted by atomic mass is 16.3. The first-order valence-electron chi connectivity index (χ1n) is 20.7. The molecular weight excluding hydrogens is 743 g/mol. The van der Waals surface area contributed by atoms with Crippen molar-refractivity contribution in [2.24, 2.45) is 0 Å². The van der Waals surface area contributed by atoms with Crippen molar-refractivity contribution in [1.82, 2.24) is 0 Å². The van der Waals surface area contributed by atoms with Gasteiger partial charge in [0, 0.05) is 38.5 Å². The molecule has 0 aliphatic rings. The summed E-state index contributed by atoms with van der Waals surface area (Å²) in [6, 6.07) is 80.1. The van der Waals surface area contributed by atoms with Gasteiger partial charge in [-0.15, -0.1) is 0 Å². The van der Waals surface area contributed by atoms with Gasteiger partial charge in [0.15, 0.2) is 0 Å². The molecule has 0 saturated carbocycles. The Bertz CT molecular complexity index is 3580. The number of para-hydroxylation sites is 3. The minimum Gasteiger partial charge on any atom is -0.456 e. The lowest BCUT2D eigenvalue weighted by Gasteiger charge is -2.28. The van der Waals surface area contributed by atoms with Gasteiger partial charge in [0.25, 0.3) is 0 Å². The number of hydrogen-bond donors (Lipinski definition) is 0. The smallest absolute Gasteiger partial charge is 0.136 e. The minimum atomic E-state index is 0.877. The van der Waals surface area contributed by atoms with Crippen LogP contribution in [0, 0.1) is 0 Å². The molecule has 0 radical (unpaired) electrons. The highest BCUT2D eigenvalue weighted by molar-refractivity contribution is 6.07. The second-order valence-corrected chi connectivity index (χ2v) is 15.7. The van der Waals surface area contributed by atoms with Gasteiger partial charge in [-0.25, -0.2) is 0 Å². The van der Waals surface area contributed by atoms with Gasteiger partial charge >= 0.3 is 0 Å². The fraction of sp³-hybridized carbons (Fsp3) is 0. The molecule has 2 heterocycles. The monoisotopic (exact) mass is 779 g/mol. The van der Waals surface area contributed by atoms with E-state index in [1.807, 2.05) is 24.3 Å². The van der Waals surface area contributed by atoms with Crippen LogP contribution in [0.4, 0.5) is 17.1 Å². The predicted molar refractivity (Wildman–Crippen MR) is 255 cm³/mol. The molecule has 0 amide bonds. The molecule has 3 heteroatoms. The van der Waals surface area contributed by atoms with Crippen molar-refractivity contribution in [1.29, 1.82) is 0 Å². The summed E-state index contributed by atoms with van der Waals surface area (Å²) in [7, 11) is 0. The van der Waals surface area contributed by atoms with Crippen LogP contribution in [0.2, 0.25) is 0 Å². The van der Waals surface area contributed by atoms with Crippen molar-refractivity contribution in [3.05, 3.63) is 224 Å². The molecule has 286 valence electrons. The van der Waals surface area contributed by atoms with E-state index in [9.17, 15) is 0 Å². The van der Waals surface area contributed by atoms with Crippen molar-refractivity contribution < 1.29 is 8.83 Å². The highest BCUT2D eigenvalue weighted by Crippen LogP contribution is 2.43. The normalized spacial score (nSPS) is 11.6. The van der Waals surface area contributed by atoms with Gasteiger partial charge in [-0.2, -0.15) is 0 Å². The zero-order chi connectivity index (χ0) is 40.3. The molecule has 0 atom stereocenters. The Kier molecular flexibility index (Phi) is 8.17. The Balaban J connectivity index is 0.927. The van der Waals surface area contributed by atoms with E-state index in [-0.39, 0.29) is 0 Å². The summed E-state index contributed by atoms with van der Waals surface area (Å²) in [6.07, 6.45) is 0. The van der Waals surface area contributed by atoms with Crippen LogP contribution in [0.25, 0.3) is 99.2 Å². The highest BCUT2D eigenvalue weighted by Gasteiger charge is 2.19. The summed E-state index contributed by atoms with van der Waals surface area (Å²) in [4.78, 5) is 2.36. The first kappa shape index (κ1) is 34.9. The first-order chi connectivity index (χ1) is 30.2. The average molecular weight is 780 g/mol. The van der Waals surface area contributed by atoms with E-state index in [0.29, 0.717) is 0 Å². The Hall–Kier alpha value is -8.14. The number of anilines is 3. The molecule has 0 aliphatic carbocycles. The molecule has 12 rings (SSSR count). The summed E-state index contributed by atoms with van der Waals surface area (Å²) in [5, 5.41) is 7.01. The largest absolute Gasteiger partial charge is 0.456 e. The van der Waals surface area contributed by atoms with E-state index in [2.05, 4.69) is 205 Å². The Labute approximate surface area is 353 Å². The predicted octanol–water partition coefficient (Wildman–Crippen LogP) is 16.8. The van der Waals surface area contributed by atoms with E-state index < -0.39 is 0 Å². The first-order valence-corrected chi connectivity index (χ1v) is 20.7. The van der Waals surface area contributed by atoms with Crippen LogP contribution in [-0.2, 0) is 0 Å². The van der Waals surface area contributed by atoms with Crippen LogP contribution in [0.1, 0.15) is 0 Å². The SMILES string of the molecule is c1ccc(N(c2ccc(-c3ccc(-c4ccc5ccccc5c4)cc3)cc2)c2ccc(-c3ccc4c(c3)oc3ccccc34)cc2)c(-c2ccc3c(c2)oc2ccccc23)c1. The molecule has 12 aromatic rings. The standard InChI is InChI=1S/C58H37NO2/c1-2-10-43-35-44(22-21-38(43)9-1)41-19-17-39(18-20-41)40-23-29-47(30-24-40)59(48-31-25-42(26-32-48)45-27-33-52-50-12-4-7-15-55(50)60-57(52)36-45)54-14-6-3-11-49(54)46-28-34-53-51-13-5-8-16-56(51)61-58(53)37-46/h1-37H. The van der Waals surface area contributed by atoms with Crippen LogP contribution in [0.5, 0.6) is 0 Å². The topological polar surface area (TPSA) is 29.5 Å². The third-order valence-electron chi connectivity index (χ3n) is 12.1. The van der Waals surface area contributed by atoms with Crippen LogP contribution in [0.3, 0.4) is 0 Å². The number of rotatable bonds is 7. The second kappa shape index (κ2) is 14.3. The third-order valence-corrected chi connectivity index (χ3v) is 12.1. The number of hydrogen-bond acceptors (Lipinski definition) is 3. The molecule has 0 N–H and O–H groups in total. The van der Waals surface area contributed by atoms with Crippen LogP contribution >= 0.6 is 0 Å². The van der Waals surface area contributed by atoms with E-state index in [4.69, 9.17) is 8.83 Å². The maximum atomic E-state index is 6.37. The van der Waals surface area contributed by atoms with E-state index in [1.165, 1.54) is 27.5 Å². The van der Waals surface area contributed by atoms with Crippen molar-refractivity contribution in [3.63, 3.8) is 0 Å². The molecule has 10 aromatic carbocycles. The van der Waals surface area contributed by atoms with E-state index in [0.717, 1.165) is 88.8 Å². The number of nitrogens with zero attached hydrogens (tertiary/aromatic N) is 1. The fourth-order valence-electron chi connectivity index (χ4n) is 8.97. The van der Waals surface area contributed by atoms with Crippen molar-refractivity contribution in [3.8, 4) is 44.5 Å². The average Bonchev–Trinajstić information content (AvgIpc) is 3.90. The summed E-state index contributed by atoms with van der Waals surface area (Å²) in [6.45, 7) is 0. The molecule has 0 unspecified atom stereocenters. The number of benzene rings is 10. The fourth-order valence-corrected chi connectivity index (χ4v) is 8.97. The zero-order valence-electron chi connectivity index (χ0n) is 33.1. The molecule has 0 saturated heterocycles. The molecule has 61 heavy (non-hydrogen) atoms. The maximum absolute atomic E-state index is 6.37. The van der Waals surface area contributed by atoms with Gasteiger partial charge in [-0.1, -0.05) is 152 Å². The van der Waals surface area contributed by atoms with Gasteiger partial charge in [0.2, 0.25) is 0 Å². The van der Waals surface area contributed by atoms with Gasteiger partial charge < -0.3 is 13.7 Å². The van der Waals surface area contributed by atoms with Gasteiger partial charge in [0.1, 0.15) is 22.3 Å². The molecule has 2 aromatic heterocycles. The second-order valence-electron chi connectivity index (χ2n) is 15.7. The third kappa shape index (κ3) is 6.14. The Morgan fingerprint density at radius 3 is 1.30 bits per heavy atom. The van der Waals surface area contributed by atoms with Crippen molar-refractivity contribution >= 4 is 71.7 Å². The summed E-state index contributed by atoms with van der Waals surface area (Å²) < 4.78 is 12.6. The summed E-state index contributed by atoms with van der Waals surface area (Å²) in [5.74, 6) is 0. The van der Waals surface area contributed by atoms with Crippen molar-refractivity contribution in [2.45, 2.75) is 0 Å². The summed E-state index contributed by atoms with van der Waals surface area (Å²) in [5.41, 5.74) is 15.9. The van der Waals surface area contributed by atoms with Gasteiger partial charge in [-0.05, 0) is 123 Å². The molecule has 0 spiro atoms. The van der Waals surface area contributed by atoms with Crippen LogP contribution in [-0.4, -0.2) is 0 Å². The van der Waals surface area contributed by atoms with Crippen LogP contribution < -0.4 is 4.90 Å². The van der Waals surface area contributed by atoms with Crippen molar-refractivity contribution in [2.75, 3.05) is 4.90 Å². The lowest BCUT2D eigenvalue weighted by Crippen LogP contribution is -2.11. The van der Waals surface area contributed by atoms with Gasteiger partial charge in [-0.3, -0.25) is 0 Å². The lowest BCUT2D eigenvalue weighted by atomic mass is 9.97. The maximum Gasteiger partial charge on any atom is 0.136 e. The molecule has 0 aliphatic heterocycles. The molecular formula is C58H37NO2. The van der Waals surface area contributed by atoms with Crippen LogP contribution in [0.15, 0.2) is 233 Å². The molecule has 0 bridgehead atoms. The molecule has 3 nitrogen and oxygen atoms in total. The lowest BCUT2D eigenvalue weighted by molar-refractivity contribution is 0.668.